The van der Waals surface area contributed by atoms with Crippen LogP contribution in [0.1, 0.15) is 0 Å². The molecule has 0 radical (unpaired) electrons. The molecule has 0 saturated carbocycles. The van der Waals surface area contributed by atoms with E-state index in [-0.39, 0.29) is 0 Å². The number of benzene rings is 1. The summed E-state index contributed by atoms with van der Waals surface area (Å²) in [5.74, 6) is 1.22. The fourth-order valence-corrected chi connectivity index (χ4v) is 1.85. The number of pyridine rings is 1. The van der Waals surface area contributed by atoms with Crippen molar-refractivity contribution in [3.05, 3.63) is 53.7 Å². The van der Waals surface area contributed by atoms with Gasteiger partial charge in [-0.3, -0.25) is 0 Å². The van der Waals surface area contributed by atoms with Gasteiger partial charge in [0.25, 0.3) is 0 Å². The van der Waals surface area contributed by atoms with Crippen LogP contribution in [0, 0.1) is 0 Å². The average Bonchev–Trinajstić information content (AvgIpc) is 2.89. The standard InChI is InChI=1S/C12H8ClN5/c13-10-6-2-1-5-9(10)12-15-16-17-18(12)11-7-3-4-8-14-11/h1-8H. The van der Waals surface area contributed by atoms with Crippen LogP contribution in [0.2, 0.25) is 5.02 Å². The Morgan fingerprint density at radius 1 is 1.00 bits per heavy atom. The SMILES string of the molecule is Clc1ccccc1-c1nnnn1-c1ccccn1. The minimum atomic E-state index is 0.569. The van der Waals surface area contributed by atoms with Crippen molar-refractivity contribution in [3.8, 4) is 17.2 Å². The second-order valence-corrected chi connectivity index (χ2v) is 3.99. The molecular weight excluding hydrogens is 250 g/mol. The van der Waals surface area contributed by atoms with Crippen LogP contribution in [0.5, 0.6) is 0 Å². The van der Waals surface area contributed by atoms with E-state index in [2.05, 4.69) is 20.5 Å². The van der Waals surface area contributed by atoms with Crippen LogP contribution in [-0.4, -0.2) is 25.2 Å². The first kappa shape index (κ1) is 10.9. The summed E-state index contributed by atoms with van der Waals surface area (Å²) in [6.07, 6.45) is 1.69. The first-order valence-corrected chi connectivity index (χ1v) is 5.69. The normalized spacial score (nSPS) is 10.5. The lowest BCUT2D eigenvalue weighted by molar-refractivity contribution is 0.773. The van der Waals surface area contributed by atoms with Crippen LogP contribution in [0.3, 0.4) is 0 Å². The van der Waals surface area contributed by atoms with Crippen molar-refractivity contribution in [2.45, 2.75) is 0 Å². The molecule has 5 nitrogen and oxygen atoms in total. The summed E-state index contributed by atoms with van der Waals surface area (Å²) < 4.78 is 1.56. The lowest BCUT2D eigenvalue weighted by Crippen LogP contribution is -2.01. The van der Waals surface area contributed by atoms with Gasteiger partial charge in [0.05, 0.1) is 5.02 Å². The van der Waals surface area contributed by atoms with Crippen LogP contribution < -0.4 is 0 Å². The van der Waals surface area contributed by atoms with Gasteiger partial charge in [-0.15, -0.1) is 5.10 Å². The topological polar surface area (TPSA) is 56.5 Å². The molecule has 0 bridgehead atoms. The van der Waals surface area contributed by atoms with Gasteiger partial charge in [0.2, 0.25) is 0 Å². The van der Waals surface area contributed by atoms with Crippen molar-refractivity contribution in [2.24, 2.45) is 0 Å². The highest BCUT2D eigenvalue weighted by Crippen LogP contribution is 2.26. The number of hydrogen-bond donors (Lipinski definition) is 0. The van der Waals surface area contributed by atoms with E-state index < -0.39 is 0 Å². The molecule has 0 aliphatic carbocycles. The molecule has 0 aliphatic rings. The van der Waals surface area contributed by atoms with Crippen molar-refractivity contribution >= 4 is 11.6 Å². The zero-order valence-electron chi connectivity index (χ0n) is 9.23. The summed E-state index contributed by atoms with van der Waals surface area (Å²) in [5.41, 5.74) is 0.773. The number of halogens is 1. The third-order valence-corrected chi connectivity index (χ3v) is 2.78. The molecule has 3 rings (SSSR count). The van der Waals surface area contributed by atoms with Crippen LogP contribution in [0.4, 0.5) is 0 Å². The number of hydrogen-bond acceptors (Lipinski definition) is 4. The first-order chi connectivity index (χ1) is 8.86. The largest absolute Gasteiger partial charge is 0.237 e. The van der Waals surface area contributed by atoms with Gasteiger partial charge in [-0.05, 0) is 34.7 Å². The Bertz CT molecular complexity index is 665. The van der Waals surface area contributed by atoms with E-state index in [0.29, 0.717) is 16.7 Å². The van der Waals surface area contributed by atoms with Gasteiger partial charge in [-0.25, -0.2) is 4.98 Å². The lowest BCUT2D eigenvalue weighted by Gasteiger charge is -2.04. The Balaban J connectivity index is 2.16. The monoisotopic (exact) mass is 257 g/mol. The van der Waals surface area contributed by atoms with E-state index in [0.717, 1.165) is 5.56 Å². The molecule has 0 saturated heterocycles. The molecule has 0 amide bonds. The van der Waals surface area contributed by atoms with Gasteiger partial charge >= 0.3 is 0 Å². The Morgan fingerprint density at radius 2 is 1.83 bits per heavy atom. The third kappa shape index (κ3) is 1.84. The fraction of sp³-hybridized carbons (Fsp3) is 0. The highest BCUT2D eigenvalue weighted by atomic mass is 35.5. The Morgan fingerprint density at radius 3 is 2.61 bits per heavy atom. The molecular formula is C12H8ClN5. The molecule has 0 unspecified atom stereocenters. The molecule has 0 fully saturated rings. The van der Waals surface area contributed by atoms with Crippen LogP contribution in [0.15, 0.2) is 48.7 Å². The van der Waals surface area contributed by atoms with Crippen LogP contribution in [0.25, 0.3) is 17.2 Å². The first-order valence-electron chi connectivity index (χ1n) is 5.31. The minimum Gasteiger partial charge on any atom is -0.237 e. The molecule has 6 heteroatoms. The summed E-state index contributed by atoms with van der Waals surface area (Å²) in [5, 5.41) is 12.2. The van der Waals surface area contributed by atoms with Crippen molar-refractivity contribution in [3.63, 3.8) is 0 Å². The number of aromatic nitrogens is 5. The highest BCUT2D eigenvalue weighted by Gasteiger charge is 2.13. The van der Waals surface area contributed by atoms with Gasteiger partial charge in [0.1, 0.15) is 0 Å². The number of nitrogens with zero attached hydrogens (tertiary/aromatic N) is 5. The maximum atomic E-state index is 6.15. The molecule has 0 aliphatic heterocycles. The molecule has 2 heterocycles. The van der Waals surface area contributed by atoms with E-state index >= 15 is 0 Å². The molecule has 88 valence electrons. The predicted molar refractivity (Wildman–Crippen MR) is 67.4 cm³/mol. The van der Waals surface area contributed by atoms with Gasteiger partial charge in [-0.2, -0.15) is 4.68 Å². The molecule has 3 aromatic rings. The molecule has 0 atom stereocenters. The van der Waals surface area contributed by atoms with Gasteiger partial charge in [0.15, 0.2) is 11.6 Å². The zero-order valence-corrected chi connectivity index (χ0v) is 9.99. The molecule has 1 aromatic carbocycles. The van der Waals surface area contributed by atoms with E-state index in [4.69, 9.17) is 11.6 Å². The molecule has 18 heavy (non-hydrogen) atoms. The summed E-state index contributed by atoms with van der Waals surface area (Å²) >= 11 is 6.15. The molecule has 0 N–H and O–H groups in total. The summed E-state index contributed by atoms with van der Waals surface area (Å²) in [6, 6.07) is 13.0. The minimum absolute atomic E-state index is 0.569. The van der Waals surface area contributed by atoms with Crippen molar-refractivity contribution in [1.82, 2.24) is 25.2 Å². The van der Waals surface area contributed by atoms with E-state index in [1.54, 1.807) is 16.9 Å². The fourth-order valence-electron chi connectivity index (χ4n) is 1.63. The predicted octanol–water partition coefficient (Wildman–Crippen LogP) is 2.38. The quantitative estimate of drug-likeness (QED) is 0.707. The Labute approximate surface area is 108 Å². The second-order valence-electron chi connectivity index (χ2n) is 3.58. The average molecular weight is 258 g/mol. The summed E-state index contributed by atoms with van der Waals surface area (Å²) in [7, 11) is 0. The summed E-state index contributed by atoms with van der Waals surface area (Å²) in [4.78, 5) is 4.21. The smallest absolute Gasteiger partial charge is 0.190 e. The number of tetrazole rings is 1. The maximum absolute atomic E-state index is 6.15. The van der Waals surface area contributed by atoms with Crippen molar-refractivity contribution in [2.75, 3.05) is 0 Å². The highest BCUT2D eigenvalue weighted by molar-refractivity contribution is 6.33. The molecule has 0 spiro atoms. The summed E-state index contributed by atoms with van der Waals surface area (Å²) in [6.45, 7) is 0. The van der Waals surface area contributed by atoms with Gasteiger partial charge in [-0.1, -0.05) is 29.8 Å². The number of rotatable bonds is 2. The van der Waals surface area contributed by atoms with Gasteiger partial charge in [0, 0.05) is 11.8 Å². The molecule has 2 aromatic heterocycles. The van der Waals surface area contributed by atoms with E-state index in [9.17, 15) is 0 Å². The maximum Gasteiger partial charge on any atom is 0.190 e. The Kier molecular flexibility index (Phi) is 2.74. The van der Waals surface area contributed by atoms with Crippen molar-refractivity contribution in [1.29, 1.82) is 0 Å². The van der Waals surface area contributed by atoms with E-state index in [1.807, 2.05) is 36.4 Å². The Hall–Kier alpha value is -2.27. The van der Waals surface area contributed by atoms with Crippen LogP contribution in [-0.2, 0) is 0 Å². The van der Waals surface area contributed by atoms with Crippen LogP contribution >= 0.6 is 11.6 Å². The van der Waals surface area contributed by atoms with Gasteiger partial charge < -0.3 is 0 Å². The zero-order chi connectivity index (χ0) is 12.4. The second kappa shape index (κ2) is 4.54. The third-order valence-electron chi connectivity index (χ3n) is 2.45. The van der Waals surface area contributed by atoms with Crippen molar-refractivity contribution < 1.29 is 0 Å². The lowest BCUT2D eigenvalue weighted by atomic mass is 10.2. The van der Waals surface area contributed by atoms with E-state index in [1.165, 1.54) is 0 Å².